The van der Waals surface area contributed by atoms with Crippen molar-refractivity contribution in [2.24, 2.45) is 4.99 Å². The summed E-state index contributed by atoms with van der Waals surface area (Å²) in [6.07, 6.45) is 7.94. The van der Waals surface area contributed by atoms with Crippen molar-refractivity contribution in [2.75, 3.05) is 0 Å². The zero-order valence-corrected chi connectivity index (χ0v) is 5.09. The molecule has 2 heteroatoms. The van der Waals surface area contributed by atoms with Crippen LogP contribution in [0.15, 0.2) is 28.9 Å². The highest BCUT2D eigenvalue weighted by Gasteiger charge is 1.93. The SMILES string of the molecule is N=C=NC1=CC=CCC1. The molecule has 0 heterocycles. The predicted octanol–water partition coefficient (Wildman–Crippen LogP) is 1.97. The second-order valence-corrected chi connectivity index (χ2v) is 1.85. The Morgan fingerprint density at radius 1 is 1.67 bits per heavy atom. The van der Waals surface area contributed by atoms with Crippen molar-refractivity contribution < 1.29 is 0 Å². The normalized spacial score (nSPS) is 16.2. The highest BCUT2D eigenvalue weighted by molar-refractivity contribution is 5.40. The molecule has 0 bridgehead atoms. The fraction of sp³-hybridized carbons (Fsp3) is 0.286. The summed E-state index contributed by atoms with van der Waals surface area (Å²) in [5.41, 5.74) is 0.951. The largest absolute Gasteiger partial charge is 0.241 e. The quantitative estimate of drug-likeness (QED) is 0.513. The molecule has 2 nitrogen and oxygen atoms in total. The molecular weight excluding hydrogens is 112 g/mol. The number of hydrogen-bond donors (Lipinski definition) is 1. The van der Waals surface area contributed by atoms with Crippen LogP contribution in [0.25, 0.3) is 0 Å². The van der Waals surface area contributed by atoms with Gasteiger partial charge in [0, 0.05) is 0 Å². The third-order valence-corrected chi connectivity index (χ3v) is 1.19. The van der Waals surface area contributed by atoms with Gasteiger partial charge in [0.15, 0.2) is 0 Å². The van der Waals surface area contributed by atoms with Crippen molar-refractivity contribution >= 4 is 6.01 Å². The average Bonchev–Trinajstić information content (AvgIpc) is 1.91. The minimum Gasteiger partial charge on any atom is -0.241 e. The Labute approximate surface area is 54.1 Å². The maximum absolute atomic E-state index is 6.56. The van der Waals surface area contributed by atoms with E-state index in [1.165, 1.54) is 0 Å². The Bertz CT molecular complexity index is 195. The molecule has 1 rings (SSSR count). The van der Waals surface area contributed by atoms with Crippen molar-refractivity contribution in [1.82, 2.24) is 0 Å². The third kappa shape index (κ3) is 1.67. The smallest absolute Gasteiger partial charge is 0.0914 e. The van der Waals surface area contributed by atoms with Crippen LogP contribution in [0.3, 0.4) is 0 Å². The number of nitrogens with zero attached hydrogens (tertiary/aromatic N) is 1. The first kappa shape index (κ1) is 5.99. The minimum atomic E-state index is 0.947. The molecule has 0 saturated carbocycles. The van der Waals surface area contributed by atoms with E-state index in [0.717, 1.165) is 18.5 Å². The number of allylic oxidation sites excluding steroid dienone is 4. The van der Waals surface area contributed by atoms with E-state index in [0.29, 0.717) is 0 Å². The summed E-state index contributed by atoms with van der Waals surface area (Å²) in [6, 6.07) is 2.01. The van der Waals surface area contributed by atoms with E-state index >= 15 is 0 Å². The lowest BCUT2D eigenvalue weighted by molar-refractivity contribution is 0.946. The van der Waals surface area contributed by atoms with E-state index in [2.05, 4.69) is 11.1 Å². The summed E-state index contributed by atoms with van der Waals surface area (Å²) >= 11 is 0. The summed E-state index contributed by atoms with van der Waals surface area (Å²) in [5, 5.41) is 6.56. The van der Waals surface area contributed by atoms with Crippen LogP contribution in [0.5, 0.6) is 0 Å². The van der Waals surface area contributed by atoms with E-state index in [4.69, 9.17) is 5.41 Å². The molecule has 0 atom stereocenters. The molecule has 0 aromatic heterocycles. The summed E-state index contributed by atoms with van der Waals surface area (Å²) in [6.45, 7) is 0. The molecular formula is C7H8N2. The van der Waals surface area contributed by atoms with Crippen LogP contribution in [-0.2, 0) is 0 Å². The summed E-state index contributed by atoms with van der Waals surface area (Å²) in [4.78, 5) is 3.71. The number of nitrogens with one attached hydrogen (secondary N) is 1. The van der Waals surface area contributed by atoms with Crippen LogP contribution in [0.4, 0.5) is 0 Å². The van der Waals surface area contributed by atoms with Gasteiger partial charge in [-0.05, 0) is 18.9 Å². The minimum absolute atomic E-state index is 0.947. The topological polar surface area (TPSA) is 36.2 Å². The Balaban J connectivity index is 2.68. The van der Waals surface area contributed by atoms with Crippen LogP contribution < -0.4 is 0 Å². The lowest BCUT2D eigenvalue weighted by atomic mass is 10.1. The first-order chi connectivity index (χ1) is 4.43. The highest BCUT2D eigenvalue weighted by Crippen LogP contribution is 2.11. The van der Waals surface area contributed by atoms with E-state index in [9.17, 15) is 0 Å². The second kappa shape index (κ2) is 3.00. The van der Waals surface area contributed by atoms with E-state index in [1.54, 1.807) is 0 Å². The molecule has 0 aliphatic heterocycles. The second-order valence-electron chi connectivity index (χ2n) is 1.85. The van der Waals surface area contributed by atoms with Gasteiger partial charge in [0.2, 0.25) is 0 Å². The van der Waals surface area contributed by atoms with E-state index in [1.807, 2.05) is 18.2 Å². The first-order valence-electron chi connectivity index (χ1n) is 2.91. The lowest BCUT2D eigenvalue weighted by Gasteiger charge is -1.98. The average molecular weight is 120 g/mol. The molecule has 0 aromatic carbocycles. The van der Waals surface area contributed by atoms with Crippen LogP contribution in [-0.4, -0.2) is 6.01 Å². The zero-order valence-electron chi connectivity index (χ0n) is 5.09. The Morgan fingerprint density at radius 2 is 2.56 bits per heavy atom. The third-order valence-electron chi connectivity index (χ3n) is 1.19. The van der Waals surface area contributed by atoms with Crippen molar-refractivity contribution in [2.45, 2.75) is 12.8 Å². The van der Waals surface area contributed by atoms with Gasteiger partial charge in [-0.2, -0.15) is 4.99 Å². The zero-order chi connectivity index (χ0) is 6.53. The molecule has 0 unspecified atom stereocenters. The summed E-state index contributed by atoms with van der Waals surface area (Å²) < 4.78 is 0. The van der Waals surface area contributed by atoms with Gasteiger partial charge < -0.3 is 0 Å². The van der Waals surface area contributed by atoms with Crippen LogP contribution in [0.2, 0.25) is 0 Å². The van der Waals surface area contributed by atoms with Gasteiger partial charge >= 0.3 is 0 Å². The van der Waals surface area contributed by atoms with Crippen molar-refractivity contribution in [3.63, 3.8) is 0 Å². The maximum atomic E-state index is 6.56. The Kier molecular flexibility index (Phi) is 2.00. The molecule has 0 spiro atoms. The standard InChI is InChI=1S/C7H8N2/c8-6-9-7-4-2-1-3-5-7/h1-2,4,8H,3,5H2. The van der Waals surface area contributed by atoms with E-state index in [-0.39, 0.29) is 0 Å². The lowest BCUT2D eigenvalue weighted by Crippen LogP contribution is -1.81. The first-order valence-corrected chi connectivity index (χ1v) is 2.91. The number of aliphatic imine (C=N–C) groups is 1. The Hall–Kier alpha value is -1.14. The van der Waals surface area contributed by atoms with Crippen molar-refractivity contribution in [3.05, 3.63) is 23.9 Å². The molecule has 1 N–H and O–H groups in total. The summed E-state index contributed by atoms with van der Waals surface area (Å²) in [5.74, 6) is 0. The Morgan fingerprint density at radius 3 is 3.11 bits per heavy atom. The molecule has 0 fully saturated rings. The van der Waals surface area contributed by atoms with E-state index < -0.39 is 0 Å². The molecule has 0 aromatic rings. The fourth-order valence-corrected chi connectivity index (χ4v) is 0.755. The number of hydrogen-bond acceptors (Lipinski definition) is 2. The monoisotopic (exact) mass is 120 g/mol. The van der Waals surface area contributed by atoms with Crippen molar-refractivity contribution in [1.29, 1.82) is 5.41 Å². The van der Waals surface area contributed by atoms with Gasteiger partial charge in [-0.3, -0.25) is 0 Å². The van der Waals surface area contributed by atoms with Gasteiger partial charge in [0.1, 0.15) is 0 Å². The molecule has 1 aliphatic rings. The maximum Gasteiger partial charge on any atom is 0.0914 e. The van der Waals surface area contributed by atoms with Gasteiger partial charge in [0.05, 0.1) is 11.7 Å². The molecule has 46 valence electrons. The fourth-order valence-electron chi connectivity index (χ4n) is 0.755. The van der Waals surface area contributed by atoms with Gasteiger partial charge in [-0.15, -0.1) is 0 Å². The molecule has 9 heavy (non-hydrogen) atoms. The number of rotatable bonds is 1. The van der Waals surface area contributed by atoms with Crippen LogP contribution >= 0.6 is 0 Å². The molecule has 0 saturated heterocycles. The molecule has 0 amide bonds. The van der Waals surface area contributed by atoms with Gasteiger partial charge in [-0.25, -0.2) is 5.41 Å². The van der Waals surface area contributed by atoms with Gasteiger partial charge in [0.25, 0.3) is 0 Å². The van der Waals surface area contributed by atoms with Gasteiger partial charge in [-0.1, -0.05) is 12.2 Å². The van der Waals surface area contributed by atoms with Crippen molar-refractivity contribution in [3.8, 4) is 0 Å². The summed E-state index contributed by atoms with van der Waals surface area (Å²) in [7, 11) is 0. The predicted molar refractivity (Wildman–Crippen MR) is 36.6 cm³/mol. The van der Waals surface area contributed by atoms with Crippen LogP contribution in [0, 0.1) is 5.41 Å². The highest BCUT2D eigenvalue weighted by atomic mass is 14.7. The molecule has 1 aliphatic carbocycles. The molecule has 0 radical (unpaired) electrons. The van der Waals surface area contributed by atoms with Crippen LogP contribution in [0.1, 0.15) is 12.8 Å².